The molecule has 0 fully saturated rings. The Morgan fingerprint density at radius 1 is 1.24 bits per heavy atom. The number of rotatable bonds is 4. The number of aromatic amines is 1. The van der Waals surface area contributed by atoms with E-state index in [-0.39, 0.29) is 24.3 Å². The van der Waals surface area contributed by atoms with Crippen LogP contribution < -0.4 is 15.9 Å². The van der Waals surface area contributed by atoms with Crippen molar-refractivity contribution in [2.24, 2.45) is 0 Å². The maximum absolute atomic E-state index is 12.0. The van der Waals surface area contributed by atoms with Gasteiger partial charge in [-0.2, -0.15) is 5.26 Å². The highest BCUT2D eigenvalue weighted by Gasteiger charge is 2.07. The molecule has 6 heteroatoms. The number of nitrogens with one attached hydrogen (secondary N) is 1. The van der Waals surface area contributed by atoms with Crippen LogP contribution in [0.1, 0.15) is 16.7 Å². The van der Waals surface area contributed by atoms with Crippen molar-refractivity contribution < 1.29 is 4.74 Å². The Labute approximate surface area is 121 Å². The lowest BCUT2D eigenvalue weighted by Crippen LogP contribution is -2.34. The number of ether oxygens (including phenoxy) is 1. The SMILES string of the molecule is Cc1c(C)c(=O)n(CCOc2ccccc2C#N)[nH]c1=O. The van der Waals surface area contributed by atoms with Gasteiger partial charge in [0.15, 0.2) is 0 Å². The Kier molecular flexibility index (Phi) is 4.24. The molecule has 0 amide bonds. The van der Waals surface area contributed by atoms with Crippen LogP contribution in [0.15, 0.2) is 33.9 Å². The number of para-hydroxylation sites is 1. The summed E-state index contributed by atoms with van der Waals surface area (Å²) in [6, 6.07) is 8.88. The molecule has 21 heavy (non-hydrogen) atoms. The molecule has 1 aromatic carbocycles. The number of aromatic nitrogens is 2. The minimum absolute atomic E-state index is 0.178. The van der Waals surface area contributed by atoms with E-state index in [0.717, 1.165) is 0 Å². The monoisotopic (exact) mass is 285 g/mol. The van der Waals surface area contributed by atoms with Crippen molar-refractivity contribution in [1.82, 2.24) is 9.78 Å². The number of hydrogen-bond acceptors (Lipinski definition) is 4. The number of hydrogen-bond donors (Lipinski definition) is 1. The fraction of sp³-hybridized carbons (Fsp3) is 0.267. The van der Waals surface area contributed by atoms with E-state index in [2.05, 4.69) is 5.10 Å². The Morgan fingerprint density at radius 3 is 2.67 bits per heavy atom. The molecule has 0 spiro atoms. The van der Waals surface area contributed by atoms with Crippen molar-refractivity contribution in [1.29, 1.82) is 5.26 Å². The first-order valence-electron chi connectivity index (χ1n) is 6.47. The van der Waals surface area contributed by atoms with Crippen molar-refractivity contribution in [3.8, 4) is 11.8 Å². The molecule has 1 aromatic heterocycles. The lowest BCUT2D eigenvalue weighted by Gasteiger charge is -2.10. The lowest BCUT2D eigenvalue weighted by atomic mass is 10.2. The fourth-order valence-corrected chi connectivity index (χ4v) is 1.88. The van der Waals surface area contributed by atoms with Crippen LogP contribution in [0.5, 0.6) is 5.75 Å². The van der Waals surface area contributed by atoms with Crippen molar-refractivity contribution in [3.05, 3.63) is 61.7 Å². The molecule has 1 heterocycles. The summed E-state index contributed by atoms with van der Waals surface area (Å²) in [5.74, 6) is 0.458. The van der Waals surface area contributed by atoms with Crippen LogP contribution in [-0.2, 0) is 6.54 Å². The van der Waals surface area contributed by atoms with Crippen molar-refractivity contribution in [2.45, 2.75) is 20.4 Å². The van der Waals surface area contributed by atoms with Crippen LogP contribution in [0.4, 0.5) is 0 Å². The predicted octanol–water partition coefficient (Wildman–Crippen LogP) is 1.10. The maximum atomic E-state index is 12.0. The first kappa shape index (κ1) is 14.6. The number of nitrogens with zero attached hydrogens (tertiary/aromatic N) is 2. The van der Waals surface area contributed by atoms with Gasteiger partial charge < -0.3 is 4.74 Å². The maximum Gasteiger partial charge on any atom is 0.268 e. The summed E-state index contributed by atoms with van der Waals surface area (Å²) in [6.07, 6.45) is 0. The summed E-state index contributed by atoms with van der Waals surface area (Å²) in [7, 11) is 0. The van der Waals surface area contributed by atoms with E-state index >= 15 is 0 Å². The van der Waals surface area contributed by atoms with Gasteiger partial charge in [0.25, 0.3) is 11.1 Å². The minimum atomic E-state index is -0.287. The summed E-state index contributed by atoms with van der Waals surface area (Å²) in [6.45, 7) is 3.61. The van der Waals surface area contributed by atoms with Crippen LogP contribution in [0, 0.1) is 25.2 Å². The summed E-state index contributed by atoms with van der Waals surface area (Å²) in [4.78, 5) is 23.6. The number of H-pyrrole nitrogens is 1. The average Bonchev–Trinajstić information content (AvgIpc) is 2.50. The molecule has 108 valence electrons. The van der Waals surface area contributed by atoms with E-state index in [1.807, 2.05) is 6.07 Å². The molecule has 0 saturated carbocycles. The molecule has 0 bridgehead atoms. The molecule has 0 unspecified atom stereocenters. The van der Waals surface area contributed by atoms with Gasteiger partial charge in [-0.1, -0.05) is 12.1 Å². The zero-order valence-corrected chi connectivity index (χ0v) is 11.8. The molecule has 1 N–H and O–H groups in total. The molecule has 2 rings (SSSR count). The number of nitriles is 1. The summed E-state index contributed by atoms with van der Waals surface area (Å²) in [5.41, 5.74) is 0.746. The van der Waals surface area contributed by atoms with Gasteiger partial charge in [-0.25, -0.2) is 4.68 Å². The molecule has 6 nitrogen and oxygen atoms in total. The van der Waals surface area contributed by atoms with E-state index in [4.69, 9.17) is 10.00 Å². The molecule has 0 radical (unpaired) electrons. The van der Waals surface area contributed by atoms with Crippen LogP contribution in [0.2, 0.25) is 0 Å². The Morgan fingerprint density at radius 2 is 1.95 bits per heavy atom. The Hall–Kier alpha value is -2.81. The molecule has 0 atom stereocenters. The Bertz CT molecular complexity index is 812. The molecule has 0 aliphatic rings. The van der Waals surface area contributed by atoms with E-state index in [1.54, 1.807) is 38.1 Å². The zero-order chi connectivity index (χ0) is 15.4. The highest BCUT2D eigenvalue weighted by Crippen LogP contribution is 2.16. The van der Waals surface area contributed by atoms with Gasteiger partial charge in [-0.3, -0.25) is 14.7 Å². The second kappa shape index (κ2) is 6.09. The van der Waals surface area contributed by atoms with E-state index in [9.17, 15) is 9.59 Å². The molecular formula is C15H15N3O3. The topological polar surface area (TPSA) is 87.9 Å². The van der Waals surface area contributed by atoms with Crippen molar-refractivity contribution >= 4 is 0 Å². The fourth-order valence-electron chi connectivity index (χ4n) is 1.88. The minimum Gasteiger partial charge on any atom is -0.490 e. The highest BCUT2D eigenvalue weighted by atomic mass is 16.5. The normalized spacial score (nSPS) is 10.1. The van der Waals surface area contributed by atoms with Crippen LogP contribution in [0.25, 0.3) is 0 Å². The summed E-state index contributed by atoms with van der Waals surface area (Å²) in [5, 5.41) is 11.5. The lowest BCUT2D eigenvalue weighted by molar-refractivity contribution is 0.286. The molecule has 0 aliphatic heterocycles. The van der Waals surface area contributed by atoms with Crippen LogP contribution in [-0.4, -0.2) is 16.4 Å². The summed E-state index contributed by atoms with van der Waals surface area (Å²) < 4.78 is 6.71. The third kappa shape index (κ3) is 3.03. The van der Waals surface area contributed by atoms with E-state index < -0.39 is 0 Å². The summed E-state index contributed by atoms with van der Waals surface area (Å²) >= 11 is 0. The average molecular weight is 285 g/mol. The molecule has 0 aliphatic carbocycles. The van der Waals surface area contributed by atoms with Gasteiger partial charge in [0.05, 0.1) is 12.1 Å². The van der Waals surface area contributed by atoms with Crippen molar-refractivity contribution in [2.75, 3.05) is 6.61 Å². The van der Waals surface area contributed by atoms with Gasteiger partial charge >= 0.3 is 0 Å². The predicted molar refractivity (Wildman–Crippen MR) is 77.4 cm³/mol. The van der Waals surface area contributed by atoms with Crippen LogP contribution >= 0.6 is 0 Å². The van der Waals surface area contributed by atoms with E-state index in [1.165, 1.54) is 4.68 Å². The molecule has 0 saturated heterocycles. The van der Waals surface area contributed by atoms with Crippen LogP contribution in [0.3, 0.4) is 0 Å². The van der Waals surface area contributed by atoms with E-state index in [0.29, 0.717) is 22.4 Å². The van der Waals surface area contributed by atoms with Gasteiger partial charge in [0, 0.05) is 11.1 Å². The third-order valence-electron chi connectivity index (χ3n) is 3.29. The second-order valence-corrected chi connectivity index (χ2v) is 4.60. The molecular weight excluding hydrogens is 270 g/mol. The van der Waals surface area contributed by atoms with Gasteiger partial charge in [-0.05, 0) is 26.0 Å². The smallest absolute Gasteiger partial charge is 0.268 e. The molecule has 2 aromatic rings. The standard InChI is InChI=1S/C15H15N3O3/c1-10-11(2)15(20)18(17-14(10)19)7-8-21-13-6-4-3-5-12(13)9-16/h3-6H,7-8H2,1-2H3,(H,17,19). The van der Waals surface area contributed by atoms with Gasteiger partial charge in [0.2, 0.25) is 0 Å². The van der Waals surface area contributed by atoms with Gasteiger partial charge in [-0.15, -0.1) is 0 Å². The first-order valence-corrected chi connectivity index (χ1v) is 6.47. The highest BCUT2D eigenvalue weighted by molar-refractivity contribution is 5.42. The first-order chi connectivity index (χ1) is 10.0. The Balaban J connectivity index is 2.14. The third-order valence-corrected chi connectivity index (χ3v) is 3.29. The van der Waals surface area contributed by atoms with Crippen molar-refractivity contribution in [3.63, 3.8) is 0 Å². The largest absolute Gasteiger partial charge is 0.490 e. The number of benzene rings is 1. The quantitative estimate of drug-likeness (QED) is 0.911. The second-order valence-electron chi connectivity index (χ2n) is 4.60. The zero-order valence-electron chi connectivity index (χ0n) is 11.8. The van der Waals surface area contributed by atoms with Gasteiger partial charge in [0.1, 0.15) is 18.4 Å².